The topological polar surface area (TPSA) is 63.3 Å². The lowest BCUT2D eigenvalue weighted by Gasteiger charge is -2.02. The number of hydrogen-bond acceptors (Lipinski definition) is 2. The predicted octanol–water partition coefficient (Wildman–Crippen LogP) is 1.57. The van der Waals surface area contributed by atoms with Crippen LogP contribution in [0.3, 0.4) is 0 Å². The van der Waals surface area contributed by atoms with Gasteiger partial charge in [0.15, 0.2) is 0 Å². The molecule has 0 aliphatic rings. The number of aromatic hydroxyl groups is 1. The number of rotatable bonds is 2. The Balaban J connectivity index is 2.47. The molecule has 0 heterocycles. The molecule has 0 atom stereocenters. The van der Waals surface area contributed by atoms with Gasteiger partial charge in [-0.25, -0.2) is 0 Å². The average Bonchev–Trinajstić information content (AvgIpc) is 2.17. The van der Waals surface area contributed by atoms with Gasteiger partial charge in [0.2, 0.25) is 5.91 Å². The van der Waals surface area contributed by atoms with Gasteiger partial charge in [-0.3, -0.25) is 4.79 Å². The van der Waals surface area contributed by atoms with Gasteiger partial charge in [0, 0.05) is 0 Å². The van der Waals surface area contributed by atoms with Crippen LogP contribution < -0.4 is 5.73 Å². The molecule has 2 aromatic rings. The van der Waals surface area contributed by atoms with Gasteiger partial charge in [-0.1, -0.05) is 24.3 Å². The summed E-state index contributed by atoms with van der Waals surface area (Å²) in [7, 11) is 0. The molecule has 0 spiro atoms. The highest BCUT2D eigenvalue weighted by molar-refractivity contribution is 5.86. The second-order valence-corrected chi connectivity index (χ2v) is 3.51. The summed E-state index contributed by atoms with van der Waals surface area (Å²) in [6, 6.07) is 10.7. The van der Waals surface area contributed by atoms with Crippen molar-refractivity contribution in [1.29, 1.82) is 0 Å². The van der Waals surface area contributed by atoms with Crippen molar-refractivity contribution in [1.82, 2.24) is 0 Å². The summed E-state index contributed by atoms with van der Waals surface area (Å²) in [5.74, 6) is -0.0988. The van der Waals surface area contributed by atoms with Crippen molar-refractivity contribution in [2.45, 2.75) is 6.42 Å². The molecular weight excluding hydrogens is 190 g/mol. The molecule has 0 aliphatic heterocycles. The van der Waals surface area contributed by atoms with E-state index in [0.29, 0.717) is 0 Å². The maximum atomic E-state index is 10.7. The van der Waals surface area contributed by atoms with E-state index in [-0.39, 0.29) is 18.1 Å². The zero-order valence-corrected chi connectivity index (χ0v) is 8.10. The van der Waals surface area contributed by atoms with Gasteiger partial charge in [-0.2, -0.15) is 0 Å². The summed E-state index contributed by atoms with van der Waals surface area (Å²) in [5, 5.41) is 11.2. The van der Waals surface area contributed by atoms with Crippen molar-refractivity contribution in [2.75, 3.05) is 0 Å². The minimum Gasteiger partial charge on any atom is -0.508 e. The third kappa shape index (κ3) is 2.07. The Morgan fingerprint density at radius 3 is 2.53 bits per heavy atom. The molecular formula is C12H11NO2. The van der Waals surface area contributed by atoms with Crippen molar-refractivity contribution >= 4 is 16.7 Å². The summed E-state index contributed by atoms with van der Waals surface area (Å²) in [6.45, 7) is 0. The van der Waals surface area contributed by atoms with Crippen LogP contribution in [-0.2, 0) is 11.2 Å². The lowest BCUT2D eigenvalue weighted by molar-refractivity contribution is -0.117. The highest BCUT2D eigenvalue weighted by atomic mass is 16.3. The number of carbonyl (C=O) groups excluding carboxylic acids is 1. The van der Waals surface area contributed by atoms with Crippen LogP contribution in [-0.4, -0.2) is 11.0 Å². The molecule has 1 amide bonds. The molecule has 0 unspecified atom stereocenters. The Morgan fingerprint density at radius 2 is 1.80 bits per heavy atom. The van der Waals surface area contributed by atoms with Crippen LogP contribution in [0.2, 0.25) is 0 Å². The molecule has 3 nitrogen and oxygen atoms in total. The molecule has 3 N–H and O–H groups in total. The van der Waals surface area contributed by atoms with E-state index in [4.69, 9.17) is 5.73 Å². The van der Waals surface area contributed by atoms with E-state index in [0.717, 1.165) is 16.3 Å². The Morgan fingerprint density at radius 1 is 1.13 bits per heavy atom. The van der Waals surface area contributed by atoms with Crippen molar-refractivity contribution in [3.8, 4) is 5.75 Å². The maximum Gasteiger partial charge on any atom is 0.221 e. The number of nitrogens with two attached hydrogens (primary N) is 1. The van der Waals surface area contributed by atoms with Gasteiger partial charge in [-0.15, -0.1) is 0 Å². The molecule has 0 saturated heterocycles. The number of hydrogen-bond donors (Lipinski definition) is 2. The average molecular weight is 201 g/mol. The molecule has 0 fully saturated rings. The second kappa shape index (κ2) is 3.61. The lowest BCUT2D eigenvalue weighted by Crippen LogP contribution is -2.13. The SMILES string of the molecule is NC(=O)Cc1ccc2cc(O)ccc2c1. The molecule has 0 saturated carbocycles. The van der Waals surface area contributed by atoms with Crippen LogP contribution in [0.15, 0.2) is 36.4 Å². The first kappa shape index (κ1) is 9.52. The first-order valence-electron chi connectivity index (χ1n) is 4.65. The molecule has 0 bridgehead atoms. The van der Waals surface area contributed by atoms with E-state index in [9.17, 15) is 9.90 Å². The summed E-state index contributed by atoms with van der Waals surface area (Å²) in [6.07, 6.45) is 0.247. The number of phenols is 1. The van der Waals surface area contributed by atoms with Gasteiger partial charge in [-0.05, 0) is 28.5 Å². The highest BCUT2D eigenvalue weighted by Crippen LogP contribution is 2.21. The van der Waals surface area contributed by atoms with E-state index < -0.39 is 0 Å². The fraction of sp³-hybridized carbons (Fsp3) is 0.0833. The quantitative estimate of drug-likeness (QED) is 0.774. The van der Waals surface area contributed by atoms with Crippen LogP contribution in [0.5, 0.6) is 5.75 Å². The fourth-order valence-corrected chi connectivity index (χ4v) is 1.59. The van der Waals surface area contributed by atoms with Crippen molar-refractivity contribution in [3.05, 3.63) is 42.0 Å². The summed E-state index contributed by atoms with van der Waals surface area (Å²) < 4.78 is 0. The van der Waals surface area contributed by atoms with Gasteiger partial charge in [0.25, 0.3) is 0 Å². The molecule has 15 heavy (non-hydrogen) atoms. The number of primary amides is 1. The van der Waals surface area contributed by atoms with Gasteiger partial charge < -0.3 is 10.8 Å². The molecule has 0 aromatic heterocycles. The molecule has 76 valence electrons. The Bertz CT molecular complexity index is 520. The fourth-order valence-electron chi connectivity index (χ4n) is 1.59. The molecule has 2 rings (SSSR count). The number of fused-ring (bicyclic) bond motifs is 1. The normalized spacial score (nSPS) is 10.4. The van der Waals surface area contributed by atoms with E-state index in [1.807, 2.05) is 24.3 Å². The number of carbonyl (C=O) groups is 1. The zero-order valence-electron chi connectivity index (χ0n) is 8.10. The molecule has 3 heteroatoms. The zero-order chi connectivity index (χ0) is 10.8. The van der Waals surface area contributed by atoms with Crippen LogP contribution in [0.25, 0.3) is 10.8 Å². The monoisotopic (exact) mass is 201 g/mol. The number of amides is 1. The van der Waals surface area contributed by atoms with Crippen molar-refractivity contribution < 1.29 is 9.90 Å². The highest BCUT2D eigenvalue weighted by Gasteiger charge is 2.00. The van der Waals surface area contributed by atoms with Gasteiger partial charge in [0.1, 0.15) is 5.75 Å². The third-order valence-electron chi connectivity index (χ3n) is 2.27. The largest absolute Gasteiger partial charge is 0.508 e. The molecule has 0 radical (unpaired) electrons. The van der Waals surface area contributed by atoms with E-state index in [1.54, 1.807) is 12.1 Å². The van der Waals surface area contributed by atoms with Crippen molar-refractivity contribution in [3.63, 3.8) is 0 Å². The number of benzene rings is 2. The van der Waals surface area contributed by atoms with E-state index in [2.05, 4.69) is 0 Å². The standard InChI is InChI=1S/C12H11NO2/c13-12(15)6-8-1-2-10-7-11(14)4-3-9(10)5-8/h1-5,7,14H,6H2,(H2,13,15). The Hall–Kier alpha value is -2.03. The van der Waals surface area contributed by atoms with E-state index in [1.165, 1.54) is 0 Å². The first-order chi connectivity index (χ1) is 7.15. The maximum absolute atomic E-state index is 10.7. The summed E-state index contributed by atoms with van der Waals surface area (Å²) in [5.41, 5.74) is 6.00. The van der Waals surface area contributed by atoms with Crippen LogP contribution in [0.1, 0.15) is 5.56 Å². The predicted molar refractivity (Wildman–Crippen MR) is 58.5 cm³/mol. The Labute approximate surface area is 87.1 Å². The van der Waals surface area contributed by atoms with Crippen molar-refractivity contribution in [2.24, 2.45) is 5.73 Å². The van der Waals surface area contributed by atoms with Gasteiger partial charge >= 0.3 is 0 Å². The first-order valence-corrected chi connectivity index (χ1v) is 4.65. The summed E-state index contributed by atoms with van der Waals surface area (Å²) >= 11 is 0. The smallest absolute Gasteiger partial charge is 0.221 e. The van der Waals surface area contributed by atoms with Crippen LogP contribution in [0, 0.1) is 0 Å². The molecule has 0 aliphatic carbocycles. The van der Waals surface area contributed by atoms with E-state index >= 15 is 0 Å². The third-order valence-corrected chi connectivity index (χ3v) is 2.27. The van der Waals surface area contributed by atoms with Crippen LogP contribution in [0.4, 0.5) is 0 Å². The molecule has 2 aromatic carbocycles. The number of phenolic OH excluding ortho intramolecular Hbond substituents is 1. The minimum atomic E-state index is -0.340. The second-order valence-electron chi connectivity index (χ2n) is 3.51. The lowest BCUT2D eigenvalue weighted by atomic mass is 10.0. The summed E-state index contributed by atoms with van der Waals surface area (Å²) in [4.78, 5) is 10.7. The minimum absolute atomic E-state index is 0.241. The van der Waals surface area contributed by atoms with Crippen LogP contribution >= 0.6 is 0 Å². The Kier molecular flexibility index (Phi) is 2.29. The van der Waals surface area contributed by atoms with Gasteiger partial charge in [0.05, 0.1) is 6.42 Å².